The van der Waals surface area contributed by atoms with Crippen LogP contribution in [0, 0.1) is 5.82 Å². The molecule has 0 spiro atoms. The van der Waals surface area contributed by atoms with Crippen molar-refractivity contribution in [2.45, 2.75) is 31.5 Å². The Morgan fingerprint density at radius 3 is 2.71 bits per heavy atom. The third-order valence-corrected chi connectivity index (χ3v) is 5.16. The van der Waals surface area contributed by atoms with Gasteiger partial charge in [-0.1, -0.05) is 0 Å². The fraction of sp³-hybridized carbons (Fsp3) is 0.333. The molecule has 2 atom stereocenters. The van der Waals surface area contributed by atoms with Crippen LogP contribution < -0.4 is 10.1 Å². The van der Waals surface area contributed by atoms with Crippen LogP contribution in [-0.4, -0.2) is 47.1 Å². The minimum absolute atomic E-state index is 0.00906. The molecule has 2 aliphatic rings. The molecular weight excluding hydrogens is 363 g/mol. The zero-order valence-electron chi connectivity index (χ0n) is 15.2. The first-order chi connectivity index (χ1) is 13.5. The van der Waals surface area contributed by atoms with E-state index in [-0.39, 0.29) is 18.4 Å². The van der Waals surface area contributed by atoms with E-state index in [4.69, 9.17) is 4.74 Å². The van der Waals surface area contributed by atoms with E-state index >= 15 is 0 Å². The average molecular weight is 384 g/mol. The summed E-state index contributed by atoms with van der Waals surface area (Å²) in [5, 5.41) is 13.3. The Morgan fingerprint density at radius 1 is 1.18 bits per heavy atom. The van der Waals surface area contributed by atoms with E-state index in [1.165, 1.54) is 24.3 Å². The molecule has 0 radical (unpaired) electrons. The van der Waals surface area contributed by atoms with E-state index in [0.717, 1.165) is 11.3 Å². The summed E-state index contributed by atoms with van der Waals surface area (Å²) >= 11 is 0. The highest BCUT2D eigenvalue weighted by molar-refractivity contribution is 5.94. The lowest BCUT2D eigenvalue weighted by molar-refractivity contribution is -0.116. The standard InChI is InChI=1S/C21H21FN2O4/c22-15-4-1-13(2-5-15)21(27)24-10-9-19(18(25)12-24)28-16-6-7-17-14(11-16)3-8-20(26)23-17/h1-2,4-7,11,18-19,25H,3,8-10,12H2,(H,23,26)/t18-,19-/m1/s1. The third kappa shape index (κ3) is 3.84. The molecule has 6 nitrogen and oxygen atoms in total. The number of rotatable bonds is 3. The largest absolute Gasteiger partial charge is 0.488 e. The maximum Gasteiger partial charge on any atom is 0.253 e. The van der Waals surface area contributed by atoms with Gasteiger partial charge in [0, 0.05) is 30.6 Å². The minimum Gasteiger partial charge on any atom is -0.488 e. The van der Waals surface area contributed by atoms with Crippen LogP contribution in [0.2, 0.25) is 0 Å². The molecule has 4 rings (SSSR count). The van der Waals surface area contributed by atoms with Crippen LogP contribution in [0.1, 0.15) is 28.8 Å². The van der Waals surface area contributed by atoms with Crippen LogP contribution in [-0.2, 0) is 11.2 Å². The molecule has 28 heavy (non-hydrogen) atoms. The van der Waals surface area contributed by atoms with E-state index in [1.54, 1.807) is 17.0 Å². The molecule has 2 aliphatic heterocycles. The number of fused-ring (bicyclic) bond motifs is 1. The second-order valence-corrected chi connectivity index (χ2v) is 7.14. The van der Waals surface area contributed by atoms with Crippen LogP contribution in [0.15, 0.2) is 42.5 Å². The summed E-state index contributed by atoms with van der Waals surface area (Å²) in [6, 6.07) is 10.8. The summed E-state index contributed by atoms with van der Waals surface area (Å²) in [7, 11) is 0. The van der Waals surface area contributed by atoms with E-state index in [0.29, 0.717) is 37.1 Å². The molecular formula is C21H21FN2O4. The van der Waals surface area contributed by atoms with Crippen LogP contribution in [0.5, 0.6) is 5.75 Å². The Bertz CT molecular complexity index is 900. The maximum atomic E-state index is 13.0. The molecule has 2 amide bonds. The Labute approximate surface area is 161 Å². The summed E-state index contributed by atoms with van der Waals surface area (Å²) in [5.74, 6) is 0.0161. The summed E-state index contributed by atoms with van der Waals surface area (Å²) in [5.41, 5.74) is 2.20. The number of aliphatic hydroxyl groups is 1. The molecule has 2 aromatic carbocycles. The van der Waals surface area contributed by atoms with Gasteiger partial charge in [-0.15, -0.1) is 0 Å². The number of benzene rings is 2. The van der Waals surface area contributed by atoms with E-state index in [9.17, 15) is 19.1 Å². The highest BCUT2D eigenvalue weighted by atomic mass is 19.1. The lowest BCUT2D eigenvalue weighted by atomic mass is 10.0. The molecule has 2 N–H and O–H groups in total. The van der Waals surface area contributed by atoms with E-state index in [1.807, 2.05) is 6.07 Å². The van der Waals surface area contributed by atoms with Gasteiger partial charge < -0.3 is 20.1 Å². The molecule has 0 unspecified atom stereocenters. The SMILES string of the molecule is O=C1CCc2cc(O[C@@H]3CCN(C(=O)c4ccc(F)cc4)C[C@H]3O)ccc2N1. The van der Waals surface area contributed by atoms with Crippen LogP contribution in [0.25, 0.3) is 0 Å². The van der Waals surface area contributed by atoms with Gasteiger partial charge in [-0.05, 0) is 54.4 Å². The van der Waals surface area contributed by atoms with Crippen molar-refractivity contribution in [2.24, 2.45) is 0 Å². The number of carbonyl (C=O) groups is 2. The third-order valence-electron chi connectivity index (χ3n) is 5.16. The molecule has 2 aromatic rings. The zero-order valence-corrected chi connectivity index (χ0v) is 15.2. The minimum atomic E-state index is -0.825. The van der Waals surface area contributed by atoms with E-state index < -0.39 is 18.0 Å². The van der Waals surface area contributed by atoms with Crippen LogP contribution in [0.4, 0.5) is 10.1 Å². The Kier molecular flexibility index (Phi) is 5.00. The predicted octanol–water partition coefficient (Wildman–Crippen LogP) is 2.36. The van der Waals surface area contributed by atoms with Crippen LogP contribution in [0.3, 0.4) is 0 Å². The molecule has 1 saturated heterocycles. The number of amides is 2. The number of nitrogens with zero attached hydrogens (tertiary/aromatic N) is 1. The van der Waals surface area contributed by atoms with Crippen molar-refractivity contribution in [2.75, 3.05) is 18.4 Å². The molecule has 0 aliphatic carbocycles. The van der Waals surface area contributed by atoms with Gasteiger partial charge in [-0.25, -0.2) is 4.39 Å². The number of hydrogen-bond donors (Lipinski definition) is 2. The van der Waals surface area contributed by atoms with Crippen molar-refractivity contribution in [1.82, 2.24) is 4.90 Å². The molecule has 7 heteroatoms. The summed E-state index contributed by atoms with van der Waals surface area (Å²) < 4.78 is 19.0. The number of hydrogen-bond acceptors (Lipinski definition) is 4. The van der Waals surface area contributed by atoms with Gasteiger partial charge in [0.05, 0.1) is 6.54 Å². The molecule has 1 fully saturated rings. The lowest BCUT2D eigenvalue weighted by Gasteiger charge is -2.36. The first-order valence-electron chi connectivity index (χ1n) is 9.32. The van der Waals surface area contributed by atoms with Gasteiger partial charge in [-0.2, -0.15) is 0 Å². The van der Waals surface area contributed by atoms with Gasteiger partial charge in [0.15, 0.2) is 0 Å². The first-order valence-corrected chi connectivity index (χ1v) is 9.32. The second kappa shape index (κ2) is 7.59. The van der Waals surface area contributed by atoms with Crippen LogP contribution >= 0.6 is 0 Å². The Morgan fingerprint density at radius 2 is 1.96 bits per heavy atom. The van der Waals surface area contributed by atoms with Gasteiger partial charge in [0.1, 0.15) is 23.8 Å². The van der Waals surface area contributed by atoms with Crippen molar-refractivity contribution < 1.29 is 23.8 Å². The second-order valence-electron chi connectivity index (χ2n) is 7.14. The summed E-state index contributed by atoms with van der Waals surface area (Å²) in [6.07, 6.45) is 0.346. The summed E-state index contributed by atoms with van der Waals surface area (Å²) in [6.45, 7) is 0.598. The predicted molar refractivity (Wildman–Crippen MR) is 101 cm³/mol. The number of carbonyl (C=O) groups excluding carboxylic acids is 2. The number of anilines is 1. The molecule has 2 heterocycles. The highest BCUT2D eigenvalue weighted by Crippen LogP contribution is 2.28. The normalized spacial score (nSPS) is 21.6. The Hall–Kier alpha value is -2.93. The van der Waals surface area contributed by atoms with E-state index in [2.05, 4.69) is 5.32 Å². The fourth-order valence-electron chi connectivity index (χ4n) is 3.61. The van der Waals surface area contributed by atoms with Gasteiger partial charge >= 0.3 is 0 Å². The number of halogens is 1. The maximum absolute atomic E-state index is 13.0. The van der Waals surface area contributed by atoms with Crippen molar-refractivity contribution in [3.63, 3.8) is 0 Å². The fourth-order valence-corrected chi connectivity index (χ4v) is 3.61. The monoisotopic (exact) mass is 384 g/mol. The molecule has 0 aromatic heterocycles. The van der Waals surface area contributed by atoms with Crippen molar-refractivity contribution >= 4 is 17.5 Å². The van der Waals surface area contributed by atoms with Crippen molar-refractivity contribution in [3.05, 3.63) is 59.4 Å². The molecule has 0 saturated carbocycles. The number of aliphatic hydroxyl groups excluding tert-OH is 1. The lowest BCUT2D eigenvalue weighted by Crippen LogP contribution is -2.51. The summed E-state index contributed by atoms with van der Waals surface area (Å²) in [4.78, 5) is 25.5. The number of β-amino-alcohol motifs (C(OH)–C–C–N with tert-alkyl or cyclic N) is 1. The number of likely N-dealkylation sites (tertiary alicyclic amines) is 1. The number of nitrogens with one attached hydrogen (secondary N) is 1. The number of ether oxygens (including phenoxy) is 1. The number of aryl methyl sites for hydroxylation is 1. The highest BCUT2D eigenvalue weighted by Gasteiger charge is 2.32. The molecule has 0 bridgehead atoms. The Balaban J connectivity index is 1.39. The van der Waals surface area contributed by atoms with Crippen molar-refractivity contribution in [3.8, 4) is 5.75 Å². The average Bonchev–Trinajstić information content (AvgIpc) is 2.69. The van der Waals surface area contributed by atoms with Gasteiger partial charge in [0.25, 0.3) is 5.91 Å². The number of piperidine rings is 1. The quantitative estimate of drug-likeness (QED) is 0.852. The molecule has 146 valence electrons. The van der Waals surface area contributed by atoms with Crippen molar-refractivity contribution in [1.29, 1.82) is 0 Å². The first kappa shape index (κ1) is 18.4. The van der Waals surface area contributed by atoms with Gasteiger partial charge in [-0.3, -0.25) is 9.59 Å². The zero-order chi connectivity index (χ0) is 19.7. The smallest absolute Gasteiger partial charge is 0.253 e. The van der Waals surface area contributed by atoms with Gasteiger partial charge in [0.2, 0.25) is 5.91 Å². The topological polar surface area (TPSA) is 78.9 Å².